The van der Waals surface area contributed by atoms with E-state index in [1.165, 1.54) is 18.2 Å². The van der Waals surface area contributed by atoms with Gasteiger partial charge in [-0.15, -0.1) is 0 Å². The van der Waals surface area contributed by atoms with Gasteiger partial charge in [0.1, 0.15) is 5.82 Å². The fourth-order valence-corrected chi connectivity index (χ4v) is 4.23. The number of hydrogen-bond donors (Lipinski definition) is 1. The van der Waals surface area contributed by atoms with Gasteiger partial charge in [0.25, 0.3) is 0 Å². The second-order valence-corrected chi connectivity index (χ2v) is 7.55. The Bertz CT molecular complexity index is 422. The van der Waals surface area contributed by atoms with Crippen LogP contribution in [0.2, 0.25) is 0 Å². The van der Waals surface area contributed by atoms with Gasteiger partial charge >= 0.3 is 0 Å². The molecule has 1 saturated heterocycles. The largest absolute Gasteiger partial charge is 0.308 e. The molecule has 0 saturated carbocycles. The Morgan fingerprint density at radius 3 is 3.00 bits per heavy atom. The first-order valence-electron chi connectivity index (χ1n) is 6.24. The molecule has 0 bridgehead atoms. The summed E-state index contributed by atoms with van der Waals surface area (Å²) < 4.78 is 14.6. The molecule has 1 atom stereocenters. The Morgan fingerprint density at radius 1 is 1.50 bits per heavy atom. The van der Waals surface area contributed by atoms with E-state index >= 15 is 0 Å². The summed E-state index contributed by atoms with van der Waals surface area (Å²) in [4.78, 5) is 0. The third-order valence-electron chi connectivity index (χ3n) is 3.67. The zero-order valence-electron chi connectivity index (χ0n) is 10.8. The number of nitrogens with one attached hydrogen (secondary N) is 1. The summed E-state index contributed by atoms with van der Waals surface area (Å²) in [5, 5.41) is 3.51. The lowest BCUT2D eigenvalue weighted by Gasteiger charge is -2.39. The van der Waals surface area contributed by atoms with Crippen LogP contribution in [0.4, 0.5) is 4.39 Å². The minimum absolute atomic E-state index is 0.132. The van der Waals surface area contributed by atoms with Crippen molar-refractivity contribution in [3.05, 3.63) is 34.1 Å². The highest BCUT2D eigenvalue weighted by molar-refractivity contribution is 9.10. The summed E-state index contributed by atoms with van der Waals surface area (Å²) in [6.07, 6.45) is 1.22. The predicted octanol–water partition coefficient (Wildman–Crippen LogP) is 4.21. The van der Waals surface area contributed by atoms with Crippen LogP contribution in [-0.4, -0.2) is 17.5 Å². The molecule has 0 amide bonds. The molecule has 2 rings (SSSR count). The second kappa shape index (κ2) is 5.93. The molecule has 1 N–H and O–H groups in total. The minimum atomic E-state index is -0.132. The van der Waals surface area contributed by atoms with E-state index in [0.717, 1.165) is 15.8 Å². The smallest absolute Gasteiger partial charge is 0.127 e. The third kappa shape index (κ3) is 3.49. The Labute approximate surface area is 121 Å². The van der Waals surface area contributed by atoms with Crippen molar-refractivity contribution in [2.45, 2.75) is 32.9 Å². The van der Waals surface area contributed by atoms with Crippen LogP contribution in [-0.2, 0) is 6.54 Å². The van der Waals surface area contributed by atoms with E-state index < -0.39 is 0 Å². The molecule has 0 spiro atoms. The lowest BCUT2D eigenvalue weighted by molar-refractivity contribution is 0.244. The first-order chi connectivity index (χ1) is 8.49. The van der Waals surface area contributed by atoms with Gasteiger partial charge in [0.05, 0.1) is 0 Å². The van der Waals surface area contributed by atoms with Crippen molar-refractivity contribution < 1.29 is 4.39 Å². The summed E-state index contributed by atoms with van der Waals surface area (Å²) in [5.41, 5.74) is 1.03. The average molecular weight is 332 g/mol. The third-order valence-corrected chi connectivity index (χ3v) is 5.22. The molecule has 1 unspecified atom stereocenters. The van der Waals surface area contributed by atoms with Crippen LogP contribution in [0.3, 0.4) is 0 Å². The molecule has 1 aliphatic rings. The fraction of sp³-hybridized carbons (Fsp3) is 0.571. The van der Waals surface area contributed by atoms with Crippen LogP contribution in [0, 0.1) is 11.2 Å². The van der Waals surface area contributed by atoms with E-state index in [1.807, 2.05) is 17.8 Å². The maximum absolute atomic E-state index is 13.7. The highest BCUT2D eigenvalue weighted by atomic mass is 79.9. The highest BCUT2D eigenvalue weighted by Crippen LogP contribution is 2.34. The van der Waals surface area contributed by atoms with Gasteiger partial charge in [-0.25, -0.2) is 4.39 Å². The molecule has 1 aromatic rings. The number of halogens is 2. The van der Waals surface area contributed by atoms with Gasteiger partial charge in [-0.2, -0.15) is 11.8 Å². The first-order valence-corrected chi connectivity index (χ1v) is 8.19. The van der Waals surface area contributed by atoms with Crippen LogP contribution in [0.25, 0.3) is 0 Å². The predicted molar refractivity (Wildman–Crippen MR) is 80.5 cm³/mol. The highest BCUT2D eigenvalue weighted by Gasteiger charge is 2.32. The Hall–Kier alpha value is -0.0600. The molecule has 1 heterocycles. The summed E-state index contributed by atoms with van der Waals surface area (Å²) in [7, 11) is 0. The van der Waals surface area contributed by atoms with Gasteiger partial charge in [0.2, 0.25) is 0 Å². The summed E-state index contributed by atoms with van der Waals surface area (Å²) in [6.45, 7) is 5.18. The first kappa shape index (κ1) is 14.4. The van der Waals surface area contributed by atoms with E-state index in [-0.39, 0.29) is 5.82 Å². The number of rotatable bonds is 3. The zero-order chi connectivity index (χ0) is 13.2. The molecular formula is C14H19BrFNS. The molecule has 4 heteroatoms. The lowest BCUT2D eigenvalue weighted by atomic mass is 9.82. The molecule has 1 fully saturated rings. The zero-order valence-corrected chi connectivity index (χ0v) is 13.2. The van der Waals surface area contributed by atoms with E-state index in [9.17, 15) is 4.39 Å². The monoisotopic (exact) mass is 331 g/mol. The number of benzene rings is 1. The van der Waals surface area contributed by atoms with Crippen molar-refractivity contribution in [3.63, 3.8) is 0 Å². The standard InChI is InChI=1S/C14H19BrFNS/c1-14(2)5-6-18-9-13(14)17-8-10-7-11(15)3-4-12(10)16/h3-4,7,13,17H,5-6,8-9H2,1-2H3. The topological polar surface area (TPSA) is 12.0 Å². The molecule has 0 aliphatic carbocycles. The van der Waals surface area contributed by atoms with Crippen LogP contribution < -0.4 is 5.32 Å². The molecule has 0 aromatic heterocycles. The Balaban J connectivity index is 2.00. The Kier molecular flexibility index (Phi) is 4.73. The van der Waals surface area contributed by atoms with E-state index in [2.05, 4.69) is 35.1 Å². The maximum atomic E-state index is 13.7. The van der Waals surface area contributed by atoms with Crippen LogP contribution in [0.5, 0.6) is 0 Å². The van der Waals surface area contributed by atoms with Gasteiger partial charge in [-0.05, 0) is 35.8 Å². The quantitative estimate of drug-likeness (QED) is 0.890. The summed E-state index contributed by atoms with van der Waals surface area (Å²) in [6, 6.07) is 5.56. The molecule has 1 aliphatic heterocycles. The molecular weight excluding hydrogens is 313 g/mol. The van der Waals surface area contributed by atoms with Gasteiger partial charge in [-0.1, -0.05) is 29.8 Å². The number of hydrogen-bond acceptors (Lipinski definition) is 2. The van der Waals surface area contributed by atoms with Gasteiger partial charge in [0, 0.05) is 28.4 Å². The van der Waals surface area contributed by atoms with E-state index in [0.29, 0.717) is 18.0 Å². The molecule has 1 nitrogen and oxygen atoms in total. The SMILES string of the molecule is CC1(C)CCSCC1NCc1cc(Br)ccc1F. The van der Waals surface area contributed by atoms with Crippen LogP contribution in [0.15, 0.2) is 22.7 Å². The molecule has 1 aromatic carbocycles. The van der Waals surface area contributed by atoms with Crippen molar-refractivity contribution in [1.82, 2.24) is 5.32 Å². The van der Waals surface area contributed by atoms with Crippen LogP contribution >= 0.6 is 27.7 Å². The van der Waals surface area contributed by atoms with Crippen molar-refractivity contribution in [2.75, 3.05) is 11.5 Å². The van der Waals surface area contributed by atoms with Crippen molar-refractivity contribution in [1.29, 1.82) is 0 Å². The summed E-state index contributed by atoms with van der Waals surface area (Å²) >= 11 is 5.37. The van der Waals surface area contributed by atoms with Gasteiger partial charge < -0.3 is 5.32 Å². The maximum Gasteiger partial charge on any atom is 0.127 e. The normalized spacial score (nSPS) is 23.0. The van der Waals surface area contributed by atoms with E-state index in [1.54, 1.807) is 6.07 Å². The van der Waals surface area contributed by atoms with Crippen molar-refractivity contribution in [3.8, 4) is 0 Å². The van der Waals surface area contributed by atoms with Crippen molar-refractivity contribution >= 4 is 27.7 Å². The Morgan fingerprint density at radius 2 is 2.28 bits per heavy atom. The lowest BCUT2D eigenvalue weighted by Crippen LogP contribution is -2.46. The minimum Gasteiger partial charge on any atom is -0.308 e. The van der Waals surface area contributed by atoms with Crippen molar-refractivity contribution in [2.24, 2.45) is 5.41 Å². The molecule has 100 valence electrons. The fourth-order valence-electron chi connectivity index (χ4n) is 2.18. The summed E-state index contributed by atoms with van der Waals surface area (Å²) in [5.74, 6) is 2.21. The molecule has 18 heavy (non-hydrogen) atoms. The average Bonchev–Trinajstić information content (AvgIpc) is 2.31. The van der Waals surface area contributed by atoms with E-state index in [4.69, 9.17) is 0 Å². The van der Waals surface area contributed by atoms with Crippen LogP contribution in [0.1, 0.15) is 25.8 Å². The second-order valence-electron chi connectivity index (χ2n) is 5.48. The molecule has 0 radical (unpaired) electrons. The number of thioether (sulfide) groups is 1. The van der Waals surface area contributed by atoms with Gasteiger partial charge in [-0.3, -0.25) is 0 Å². The van der Waals surface area contributed by atoms with Gasteiger partial charge in [0.15, 0.2) is 0 Å².